The minimum absolute atomic E-state index is 0.0685. The molecule has 0 aliphatic heterocycles. The number of aromatic nitrogens is 1. The number of hydrogen-bond acceptors (Lipinski definition) is 3. The average Bonchev–Trinajstić information content (AvgIpc) is 2.43. The largest absolute Gasteiger partial charge is 0.477 e. The SMILES string of the molecule is O=C(O)c1cccc(C(=O)Nc2cc(F)ccc2Br)n1. The number of amides is 1. The van der Waals surface area contributed by atoms with E-state index in [1.54, 1.807) is 0 Å². The molecule has 0 radical (unpaired) electrons. The van der Waals surface area contributed by atoms with Crippen LogP contribution < -0.4 is 5.32 Å². The Morgan fingerprint density at radius 1 is 1.20 bits per heavy atom. The quantitative estimate of drug-likeness (QED) is 0.901. The van der Waals surface area contributed by atoms with Gasteiger partial charge in [-0.05, 0) is 46.3 Å². The van der Waals surface area contributed by atoms with Crippen molar-refractivity contribution >= 4 is 33.5 Å². The van der Waals surface area contributed by atoms with Crippen molar-refractivity contribution in [1.82, 2.24) is 4.98 Å². The molecule has 5 nitrogen and oxygen atoms in total. The summed E-state index contributed by atoms with van der Waals surface area (Å²) in [5.41, 5.74) is -0.0745. The van der Waals surface area contributed by atoms with Crippen LogP contribution in [0.4, 0.5) is 10.1 Å². The summed E-state index contributed by atoms with van der Waals surface area (Å²) < 4.78 is 13.6. The normalized spacial score (nSPS) is 10.1. The molecule has 7 heteroatoms. The number of hydrogen-bond donors (Lipinski definition) is 2. The Kier molecular flexibility index (Phi) is 4.09. The van der Waals surface area contributed by atoms with Gasteiger partial charge < -0.3 is 10.4 Å². The smallest absolute Gasteiger partial charge is 0.354 e. The molecule has 0 saturated carbocycles. The maximum atomic E-state index is 13.1. The van der Waals surface area contributed by atoms with E-state index in [0.29, 0.717) is 4.47 Å². The minimum atomic E-state index is -1.23. The molecule has 2 N–H and O–H groups in total. The van der Waals surface area contributed by atoms with Gasteiger partial charge in [0.15, 0.2) is 0 Å². The molecule has 0 fully saturated rings. The number of nitrogens with zero attached hydrogens (tertiary/aromatic N) is 1. The fraction of sp³-hybridized carbons (Fsp3) is 0. The van der Waals surface area contributed by atoms with Gasteiger partial charge in [0.1, 0.15) is 17.2 Å². The van der Waals surface area contributed by atoms with E-state index in [-0.39, 0.29) is 17.1 Å². The van der Waals surface area contributed by atoms with Crippen LogP contribution in [0.25, 0.3) is 0 Å². The number of halogens is 2. The second-order valence-electron chi connectivity index (χ2n) is 3.79. The molecule has 1 aromatic heterocycles. The molecule has 0 atom stereocenters. The van der Waals surface area contributed by atoms with E-state index in [2.05, 4.69) is 26.2 Å². The number of benzene rings is 1. The maximum absolute atomic E-state index is 13.1. The summed E-state index contributed by atoms with van der Waals surface area (Å²) in [6, 6.07) is 7.89. The van der Waals surface area contributed by atoms with Crippen LogP contribution in [0.3, 0.4) is 0 Å². The van der Waals surface area contributed by atoms with Crippen LogP contribution in [0.15, 0.2) is 40.9 Å². The highest BCUT2D eigenvalue weighted by atomic mass is 79.9. The highest BCUT2D eigenvalue weighted by Crippen LogP contribution is 2.23. The second-order valence-corrected chi connectivity index (χ2v) is 4.65. The number of rotatable bonds is 3. The minimum Gasteiger partial charge on any atom is -0.477 e. The summed E-state index contributed by atoms with van der Waals surface area (Å²) in [6.07, 6.45) is 0. The summed E-state index contributed by atoms with van der Waals surface area (Å²) in [5, 5.41) is 11.3. The topological polar surface area (TPSA) is 79.3 Å². The van der Waals surface area contributed by atoms with Crippen molar-refractivity contribution < 1.29 is 19.1 Å². The third-order valence-corrected chi connectivity index (χ3v) is 3.07. The molecular weight excluding hydrogens is 331 g/mol. The van der Waals surface area contributed by atoms with Gasteiger partial charge in [-0.3, -0.25) is 4.79 Å². The molecule has 0 saturated heterocycles. The second kappa shape index (κ2) is 5.79. The lowest BCUT2D eigenvalue weighted by molar-refractivity contribution is 0.0690. The molecular formula is C13H8BrFN2O3. The molecule has 20 heavy (non-hydrogen) atoms. The number of carbonyl (C=O) groups is 2. The molecule has 1 aromatic carbocycles. The van der Waals surface area contributed by atoms with Gasteiger partial charge in [0, 0.05) is 4.47 Å². The first kappa shape index (κ1) is 14.1. The van der Waals surface area contributed by atoms with Gasteiger partial charge in [-0.25, -0.2) is 14.2 Å². The maximum Gasteiger partial charge on any atom is 0.354 e. The zero-order valence-electron chi connectivity index (χ0n) is 9.93. The van der Waals surface area contributed by atoms with E-state index >= 15 is 0 Å². The Bertz CT molecular complexity index is 691. The Morgan fingerprint density at radius 2 is 1.90 bits per heavy atom. The molecule has 102 valence electrons. The summed E-state index contributed by atoms with van der Waals surface area (Å²) in [4.78, 5) is 26.4. The van der Waals surface area contributed by atoms with Gasteiger partial charge in [-0.15, -0.1) is 0 Å². The van der Waals surface area contributed by atoms with E-state index in [0.717, 1.165) is 6.07 Å². The van der Waals surface area contributed by atoms with Gasteiger partial charge in [0.2, 0.25) is 0 Å². The van der Waals surface area contributed by atoms with Crippen LogP contribution in [0.5, 0.6) is 0 Å². The van der Waals surface area contributed by atoms with Crippen molar-refractivity contribution in [2.45, 2.75) is 0 Å². The van der Waals surface area contributed by atoms with E-state index < -0.39 is 17.7 Å². The Hall–Kier alpha value is -2.28. The van der Waals surface area contributed by atoms with Crippen LogP contribution in [-0.4, -0.2) is 22.0 Å². The number of aromatic carboxylic acids is 1. The zero-order chi connectivity index (χ0) is 14.7. The predicted molar refractivity (Wildman–Crippen MR) is 73.2 cm³/mol. The third-order valence-electron chi connectivity index (χ3n) is 2.38. The standard InChI is InChI=1S/C13H8BrFN2O3/c14-8-5-4-7(15)6-11(8)17-12(18)9-2-1-3-10(16-9)13(19)20/h1-6H,(H,17,18)(H,19,20). The number of pyridine rings is 1. The first-order chi connectivity index (χ1) is 9.47. The van der Waals surface area contributed by atoms with Gasteiger partial charge in [0.25, 0.3) is 5.91 Å². The predicted octanol–water partition coefficient (Wildman–Crippen LogP) is 2.93. The lowest BCUT2D eigenvalue weighted by atomic mass is 10.2. The van der Waals surface area contributed by atoms with Crippen LogP contribution in [-0.2, 0) is 0 Å². The van der Waals surface area contributed by atoms with Gasteiger partial charge >= 0.3 is 5.97 Å². The van der Waals surface area contributed by atoms with Crippen molar-refractivity contribution in [3.8, 4) is 0 Å². The lowest BCUT2D eigenvalue weighted by Crippen LogP contribution is -2.15. The van der Waals surface area contributed by atoms with Crippen LogP contribution in [0, 0.1) is 5.82 Å². The Labute approximate surface area is 121 Å². The Morgan fingerprint density at radius 3 is 2.60 bits per heavy atom. The molecule has 2 aromatic rings. The van der Waals surface area contributed by atoms with E-state index in [1.807, 2.05) is 0 Å². The van der Waals surface area contributed by atoms with Crippen LogP contribution in [0.2, 0.25) is 0 Å². The average molecular weight is 339 g/mol. The summed E-state index contributed by atoms with van der Waals surface area (Å²) in [7, 11) is 0. The highest BCUT2D eigenvalue weighted by molar-refractivity contribution is 9.10. The molecule has 0 aliphatic rings. The number of anilines is 1. The van der Waals surface area contributed by atoms with Crippen LogP contribution >= 0.6 is 15.9 Å². The van der Waals surface area contributed by atoms with E-state index in [1.165, 1.54) is 30.3 Å². The monoisotopic (exact) mass is 338 g/mol. The fourth-order valence-corrected chi connectivity index (χ4v) is 1.81. The molecule has 0 unspecified atom stereocenters. The van der Waals surface area contributed by atoms with Crippen molar-refractivity contribution in [3.05, 3.63) is 58.1 Å². The van der Waals surface area contributed by atoms with Crippen molar-refractivity contribution in [2.75, 3.05) is 5.32 Å². The van der Waals surface area contributed by atoms with E-state index in [9.17, 15) is 14.0 Å². The molecule has 2 rings (SSSR count). The first-order valence-corrected chi connectivity index (χ1v) is 6.23. The number of carboxylic acids is 1. The van der Waals surface area contributed by atoms with Crippen molar-refractivity contribution in [2.24, 2.45) is 0 Å². The number of nitrogens with one attached hydrogen (secondary N) is 1. The van der Waals surface area contributed by atoms with Gasteiger partial charge in [0.05, 0.1) is 5.69 Å². The third kappa shape index (κ3) is 3.18. The fourth-order valence-electron chi connectivity index (χ4n) is 1.46. The molecule has 0 bridgehead atoms. The lowest BCUT2D eigenvalue weighted by Gasteiger charge is -2.07. The Balaban J connectivity index is 2.26. The first-order valence-electron chi connectivity index (χ1n) is 5.44. The summed E-state index contributed by atoms with van der Waals surface area (Å²) >= 11 is 3.17. The number of carboxylic acid groups (broad SMARTS) is 1. The van der Waals surface area contributed by atoms with Crippen LogP contribution in [0.1, 0.15) is 21.0 Å². The van der Waals surface area contributed by atoms with Gasteiger partial charge in [-0.1, -0.05) is 6.07 Å². The van der Waals surface area contributed by atoms with Gasteiger partial charge in [-0.2, -0.15) is 0 Å². The van der Waals surface area contributed by atoms with Crippen molar-refractivity contribution in [3.63, 3.8) is 0 Å². The summed E-state index contributed by atoms with van der Waals surface area (Å²) in [5.74, 6) is -2.36. The number of carbonyl (C=O) groups excluding carboxylic acids is 1. The van der Waals surface area contributed by atoms with Crippen molar-refractivity contribution in [1.29, 1.82) is 0 Å². The molecule has 1 heterocycles. The molecule has 0 spiro atoms. The molecule has 0 aliphatic carbocycles. The highest BCUT2D eigenvalue weighted by Gasteiger charge is 2.13. The molecule has 1 amide bonds. The van der Waals surface area contributed by atoms with E-state index in [4.69, 9.17) is 5.11 Å². The summed E-state index contributed by atoms with van der Waals surface area (Å²) in [6.45, 7) is 0. The zero-order valence-corrected chi connectivity index (χ0v) is 11.5.